The topological polar surface area (TPSA) is 130 Å². The van der Waals surface area contributed by atoms with Crippen molar-refractivity contribution < 1.29 is 4.74 Å². The maximum absolute atomic E-state index is 6.80. The molecule has 0 saturated carbocycles. The Morgan fingerprint density at radius 2 is 1.76 bits per heavy atom. The minimum atomic E-state index is 0.0841. The average Bonchev–Trinajstić information content (AvgIpc) is 3.28. The monoisotopic (exact) mass is 608 g/mol. The normalized spacial score (nSPS) is 24.6. The van der Waals surface area contributed by atoms with Crippen LogP contribution in [0, 0.1) is 10.8 Å². The van der Waals surface area contributed by atoms with E-state index in [1.807, 2.05) is 18.3 Å². The molecule has 11 nitrogen and oxygen atoms in total. The number of hydrogen-bond acceptors (Lipinski definition) is 12. The van der Waals surface area contributed by atoms with Gasteiger partial charge < -0.3 is 30.9 Å². The van der Waals surface area contributed by atoms with Gasteiger partial charge in [-0.05, 0) is 50.2 Å². The van der Waals surface area contributed by atoms with Crippen LogP contribution in [0.1, 0.15) is 32.6 Å². The van der Waals surface area contributed by atoms with Gasteiger partial charge in [-0.15, -0.1) is 0 Å². The minimum absolute atomic E-state index is 0.0841. The van der Waals surface area contributed by atoms with E-state index in [0.717, 1.165) is 80.4 Å². The summed E-state index contributed by atoms with van der Waals surface area (Å²) in [5, 5.41) is 7.98. The van der Waals surface area contributed by atoms with Gasteiger partial charge in [0.25, 0.3) is 0 Å². The van der Waals surface area contributed by atoms with Crippen LogP contribution in [-0.4, -0.2) is 82.9 Å². The summed E-state index contributed by atoms with van der Waals surface area (Å²) in [7, 11) is 0. The number of nitrogens with zero attached hydrogens (tertiary/aromatic N) is 7. The molecule has 0 amide bonds. The molecular formula is C29H37ClN10OS. The number of aromatic nitrogens is 5. The molecule has 0 aromatic carbocycles. The molecule has 4 fully saturated rings. The highest BCUT2D eigenvalue weighted by Crippen LogP contribution is 2.42. The van der Waals surface area contributed by atoms with Crippen LogP contribution in [-0.2, 0) is 4.74 Å². The maximum Gasteiger partial charge on any atom is 0.227 e. The lowest BCUT2D eigenvalue weighted by atomic mass is 9.73. The summed E-state index contributed by atoms with van der Waals surface area (Å²) in [4.78, 5) is 28.6. The van der Waals surface area contributed by atoms with E-state index in [1.165, 1.54) is 24.6 Å². The van der Waals surface area contributed by atoms with Gasteiger partial charge in [0.05, 0.1) is 30.1 Å². The number of piperidine rings is 2. The van der Waals surface area contributed by atoms with E-state index in [0.29, 0.717) is 22.1 Å². The Labute approximate surface area is 255 Å². The molecule has 4 saturated heterocycles. The van der Waals surface area contributed by atoms with Crippen molar-refractivity contribution in [3.63, 3.8) is 0 Å². The molecule has 3 aromatic heterocycles. The lowest BCUT2D eigenvalue weighted by Gasteiger charge is -2.48. The van der Waals surface area contributed by atoms with Gasteiger partial charge in [-0.1, -0.05) is 23.4 Å². The van der Waals surface area contributed by atoms with Gasteiger partial charge in [-0.3, -0.25) is 0 Å². The summed E-state index contributed by atoms with van der Waals surface area (Å²) in [6.45, 7) is 8.82. The van der Waals surface area contributed by atoms with E-state index in [-0.39, 0.29) is 17.6 Å². The van der Waals surface area contributed by atoms with E-state index in [4.69, 9.17) is 32.0 Å². The second-order valence-electron chi connectivity index (χ2n) is 12.1. The van der Waals surface area contributed by atoms with Crippen molar-refractivity contribution in [3.05, 3.63) is 41.9 Å². The number of rotatable bonds is 6. The molecule has 42 heavy (non-hydrogen) atoms. The molecule has 7 heterocycles. The second kappa shape index (κ2) is 11.4. The smallest absolute Gasteiger partial charge is 0.227 e. The highest BCUT2D eigenvalue weighted by atomic mass is 35.5. The Kier molecular flexibility index (Phi) is 7.60. The minimum Gasteiger partial charge on any atom is -0.376 e. The van der Waals surface area contributed by atoms with Crippen molar-refractivity contribution in [2.45, 2.75) is 54.7 Å². The zero-order chi connectivity index (χ0) is 28.7. The van der Waals surface area contributed by atoms with Crippen LogP contribution >= 0.6 is 23.4 Å². The Morgan fingerprint density at radius 3 is 2.43 bits per heavy atom. The third-order valence-electron chi connectivity index (χ3n) is 9.61. The van der Waals surface area contributed by atoms with E-state index in [9.17, 15) is 0 Å². The number of anilines is 4. The number of halogens is 1. The first-order chi connectivity index (χ1) is 20.4. The van der Waals surface area contributed by atoms with Crippen LogP contribution in [0.15, 0.2) is 46.8 Å². The van der Waals surface area contributed by atoms with Crippen molar-refractivity contribution in [1.82, 2.24) is 30.2 Å². The highest BCUT2D eigenvalue weighted by Gasteiger charge is 2.47. The molecule has 0 bridgehead atoms. The van der Waals surface area contributed by atoms with Crippen LogP contribution < -0.4 is 26.2 Å². The van der Waals surface area contributed by atoms with E-state index in [1.54, 1.807) is 18.6 Å². The lowest BCUT2D eigenvalue weighted by molar-refractivity contribution is 0.0974. The van der Waals surface area contributed by atoms with Crippen LogP contribution in [0.5, 0.6) is 0 Å². The summed E-state index contributed by atoms with van der Waals surface area (Å²) in [6.07, 6.45) is 11.6. The number of nitrogens with one attached hydrogen (secondary N) is 2. The Bertz CT molecular complexity index is 1410. The van der Waals surface area contributed by atoms with Crippen molar-refractivity contribution in [2.75, 3.05) is 61.0 Å². The van der Waals surface area contributed by atoms with Crippen LogP contribution in [0.3, 0.4) is 0 Å². The molecular weight excluding hydrogens is 572 g/mol. The number of hydrogen-bond donors (Lipinski definition) is 3. The number of ether oxygens (including phenoxy) is 1. The maximum atomic E-state index is 6.80. The summed E-state index contributed by atoms with van der Waals surface area (Å²) in [6, 6.07) is 3.82. The second-order valence-corrected chi connectivity index (χ2v) is 13.6. The first-order valence-electron chi connectivity index (χ1n) is 14.7. The average molecular weight is 609 g/mol. The molecule has 7 rings (SSSR count). The summed E-state index contributed by atoms with van der Waals surface area (Å²) < 4.78 is 5.86. The van der Waals surface area contributed by atoms with Gasteiger partial charge in [0.15, 0.2) is 5.82 Å². The summed E-state index contributed by atoms with van der Waals surface area (Å²) in [5.41, 5.74) is 7.04. The predicted octanol–water partition coefficient (Wildman–Crippen LogP) is 3.73. The van der Waals surface area contributed by atoms with Gasteiger partial charge >= 0.3 is 0 Å². The van der Waals surface area contributed by atoms with Gasteiger partial charge in [0.2, 0.25) is 5.95 Å². The van der Waals surface area contributed by atoms with Crippen molar-refractivity contribution in [2.24, 2.45) is 16.6 Å². The van der Waals surface area contributed by atoms with Gasteiger partial charge in [-0.25, -0.2) is 19.9 Å². The standard InChI is InChI=1S/C29H37ClN10OS/c1-19-25(31)29(18-41-19)6-12-39(13-7-29)22-14-36-23(15-35-22)42-20-2-8-33-26(24(20)30)37-21-3-9-34-27(38-21)40-10-4-28(5-11-40)16-32-17-28/h2-3,8-9,14-15,19,25,32H,4-7,10-13,16-18,31H2,1H3,(H,33,34,37,38)/t19-,25+/m0/s1. The van der Waals surface area contributed by atoms with E-state index >= 15 is 0 Å². The van der Waals surface area contributed by atoms with E-state index in [2.05, 4.69) is 42.3 Å². The lowest BCUT2D eigenvalue weighted by Crippen LogP contribution is -2.58. The zero-order valence-corrected chi connectivity index (χ0v) is 25.4. The fourth-order valence-corrected chi connectivity index (χ4v) is 7.61. The number of nitrogens with two attached hydrogens (primary N) is 1. The fourth-order valence-electron chi connectivity index (χ4n) is 6.59. The first-order valence-corrected chi connectivity index (χ1v) is 15.9. The van der Waals surface area contributed by atoms with Crippen LogP contribution in [0.2, 0.25) is 5.02 Å². The molecule has 0 aliphatic carbocycles. The Balaban J connectivity index is 0.978. The molecule has 0 radical (unpaired) electrons. The molecule has 4 aliphatic heterocycles. The van der Waals surface area contributed by atoms with Gasteiger partial charge in [-0.2, -0.15) is 4.98 Å². The molecule has 222 valence electrons. The first kappa shape index (κ1) is 28.0. The molecule has 4 aliphatic rings. The Hall–Kier alpha value is -2.77. The SMILES string of the molecule is C[C@@H]1OCC2(CCN(c3cnc(Sc4ccnc(Nc5ccnc(N6CCC7(CC6)CNC7)n5)c4Cl)cn3)CC2)[C@@H]1N. The molecule has 13 heteroatoms. The highest BCUT2D eigenvalue weighted by molar-refractivity contribution is 7.99. The van der Waals surface area contributed by atoms with Crippen molar-refractivity contribution in [3.8, 4) is 0 Å². The predicted molar refractivity (Wildman–Crippen MR) is 165 cm³/mol. The molecule has 3 aromatic rings. The summed E-state index contributed by atoms with van der Waals surface area (Å²) >= 11 is 8.26. The largest absolute Gasteiger partial charge is 0.376 e. The van der Waals surface area contributed by atoms with Crippen LogP contribution in [0.4, 0.5) is 23.4 Å². The molecule has 2 spiro atoms. The molecule has 0 unspecified atom stereocenters. The van der Waals surface area contributed by atoms with Crippen LogP contribution in [0.25, 0.3) is 0 Å². The van der Waals surface area contributed by atoms with E-state index < -0.39 is 0 Å². The van der Waals surface area contributed by atoms with Gasteiger partial charge in [0.1, 0.15) is 16.7 Å². The molecule has 4 N–H and O–H groups in total. The van der Waals surface area contributed by atoms with Crippen molar-refractivity contribution >= 4 is 46.8 Å². The van der Waals surface area contributed by atoms with Crippen molar-refractivity contribution in [1.29, 1.82) is 0 Å². The molecule has 2 atom stereocenters. The number of pyridine rings is 1. The Morgan fingerprint density at radius 1 is 1.00 bits per heavy atom. The third-order valence-corrected chi connectivity index (χ3v) is 11.1. The zero-order valence-electron chi connectivity index (χ0n) is 23.8. The van der Waals surface area contributed by atoms with Gasteiger partial charge in [0, 0.05) is 68.0 Å². The fraction of sp³-hybridized carbons (Fsp3) is 0.552. The quantitative estimate of drug-likeness (QED) is 0.377. The summed E-state index contributed by atoms with van der Waals surface area (Å²) in [5.74, 6) is 2.82. The third kappa shape index (κ3) is 5.39.